The molecule has 0 unspecified atom stereocenters. The van der Waals surface area contributed by atoms with Gasteiger partial charge in [-0.15, -0.1) is 11.8 Å². The number of rotatable bonds is 7. The molecule has 0 fully saturated rings. The van der Waals surface area contributed by atoms with Crippen LogP contribution in [0.2, 0.25) is 0 Å². The number of benzene rings is 2. The van der Waals surface area contributed by atoms with Crippen LogP contribution in [0.15, 0.2) is 59.5 Å². The maximum Gasteiger partial charge on any atom is 0.331 e. The van der Waals surface area contributed by atoms with Crippen molar-refractivity contribution in [2.75, 3.05) is 18.2 Å². The predicted octanol–water partition coefficient (Wildman–Crippen LogP) is 3.81. The molecule has 0 aromatic heterocycles. The maximum absolute atomic E-state index is 11.8. The summed E-state index contributed by atoms with van der Waals surface area (Å²) in [6.45, 7) is 1.08. The van der Waals surface area contributed by atoms with Gasteiger partial charge in [-0.3, -0.25) is 9.59 Å². The zero-order valence-electron chi connectivity index (χ0n) is 14.5. The molecular weight excluding hydrogens is 350 g/mol. The number of ketones is 1. The Morgan fingerprint density at radius 3 is 2.27 bits per heavy atom. The minimum atomic E-state index is -0.596. The summed E-state index contributed by atoms with van der Waals surface area (Å²) in [6.07, 6.45) is 4.90. The number of hydrogen-bond donors (Lipinski definition) is 1. The van der Waals surface area contributed by atoms with Gasteiger partial charge in [0.15, 0.2) is 12.4 Å². The zero-order chi connectivity index (χ0) is 18.9. The number of anilines is 1. The van der Waals surface area contributed by atoms with Crippen molar-refractivity contribution >= 4 is 41.2 Å². The lowest BCUT2D eigenvalue weighted by molar-refractivity contribution is -0.142. The number of ether oxygens (including phenoxy) is 1. The van der Waals surface area contributed by atoms with E-state index in [1.54, 1.807) is 42.1 Å². The Morgan fingerprint density at radius 1 is 1.04 bits per heavy atom. The van der Waals surface area contributed by atoms with Crippen molar-refractivity contribution in [1.29, 1.82) is 0 Å². The molecule has 0 saturated heterocycles. The van der Waals surface area contributed by atoms with E-state index in [1.165, 1.54) is 13.0 Å². The maximum atomic E-state index is 11.8. The van der Waals surface area contributed by atoms with Crippen molar-refractivity contribution in [3.8, 4) is 0 Å². The van der Waals surface area contributed by atoms with Gasteiger partial charge in [-0.1, -0.05) is 12.1 Å². The third-order valence-corrected chi connectivity index (χ3v) is 4.19. The van der Waals surface area contributed by atoms with Crippen molar-refractivity contribution in [3.63, 3.8) is 0 Å². The van der Waals surface area contributed by atoms with Gasteiger partial charge in [-0.05, 0) is 61.2 Å². The van der Waals surface area contributed by atoms with Gasteiger partial charge in [0.05, 0.1) is 0 Å². The number of nitrogens with one attached hydrogen (secondary N) is 1. The molecule has 6 heteroatoms. The van der Waals surface area contributed by atoms with E-state index in [0.717, 1.165) is 10.5 Å². The molecule has 2 aromatic carbocycles. The average Bonchev–Trinajstić information content (AvgIpc) is 2.65. The number of thioether (sulfide) groups is 1. The molecule has 2 aromatic rings. The second kappa shape index (κ2) is 9.58. The van der Waals surface area contributed by atoms with Crippen molar-refractivity contribution in [2.45, 2.75) is 11.8 Å². The standard InChI is InChI=1S/C20H19NO4S/c1-14(22)16-6-8-17(9-7-16)21-19(23)13-25-20(24)12-5-15-3-10-18(26-2)11-4-15/h3-12H,13H2,1-2H3,(H,21,23)/b12-5+. The summed E-state index contributed by atoms with van der Waals surface area (Å²) in [7, 11) is 0. The van der Waals surface area contributed by atoms with Crippen molar-refractivity contribution in [3.05, 3.63) is 65.7 Å². The number of Topliss-reactive ketones (excluding diaryl/α,β-unsaturated/α-hetero) is 1. The van der Waals surface area contributed by atoms with Gasteiger partial charge in [0, 0.05) is 22.2 Å². The number of amides is 1. The molecule has 0 heterocycles. The van der Waals surface area contributed by atoms with Gasteiger partial charge < -0.3 is 10.1 Å². The van der Waals surface area contributed by atoms with Crippen molar-refractivity contribution < 1.29 is 19.1 Å². The van der Waals surface area contributed by atoms with E-state index in [-0.39, 0.29) is 12.4 Å². The van der Waals surface area contributed by atoms with Crippen LogP contribution in [0.25, 0.3) is 6.08 Å². The molecule has 1 N–H and O–H groups in total. The Kier molecular flexibility index (Phi) is 7.17. The summed E-state index contributed by atoms with van der Waals surface area (Å²) in [5.41, 5.74) is 1.96. The van der Waals surface area contributed by atoms with Crippen molar-refractivity contribution in [1.82, 2.24) is 0 Å². The van der Waals surface area contributed by atoms with Crippen LogP contribution < -0.4 is 5.32 Å². The van der Waals surface area contributed by atoms with E-state index in [4.69, 9.17) is 4.74 Å². The first-order valence-electron chi connectivity index (χ1n) is 7.87. The van der Waals surface area contributed by atoms with Gasteiger partial charge in [0.1, 0.15) is 0 Å². The average molecular weight is 369 g/mol. The van der Waals surface area contributed by atoms with Crippen LogP contribution in [-0.2, 0) is 14.3 Å². The Morgan fingerprint density at radius 2 is 1.69 bits per heavy atom. The number of hydrogen-bond acceptors (Lipinski definition) is 5. The van der Waals surface area contributed by atoms with Gasteiger partial charge in [-0.2, -0.15) is 0 Å². The van der Waals surface area contributed by atoms with E-state index in [0.29, 0.717) is 11.3 Å². The van der Waals surface area contributed by atoms with Crippen LogP contribution in [0.4, 0.5) is 5.69 Å². The zero-order valence-corrected chi connectivity index (χ0v) is 15.3. The number of carbonyl (C=O) groups is 3. The minimum absolute atomic E-state index is 0.0494. The van der Waals surface area contributed by atoms with Crippen LogP contribution in [0.1, 0.15) is 22.8 Å². The largest absolute Gasteiger partial charge is 0.452 e. The highest BCUT2D eigenvalue weighted by Crippen LogP contribution is 2.15. The molecule has 2 rings (SSSR count). The summed E-state index contributed by atoms with van der Waals surface area (Å²) in [6, 6.07) is 14.2. The summed E-state index contributed by atoms with van der Waals surface area (Å²) >= 11 is 1.64. The molecule has 5 nitrogen and oxygen atoms in total. The van der Waals surface area contributed by atoms with Gasteiger partial charge in [0.2, 0.25) is 0 Å². The highest BCUT2D eigenvalue weighted by molar-refractivity contribution is 7.98. The number of carbonyl (C=O) groups excluding carboxylic acids is 3. The van der Waals surface area contributed by atoms with Crippen molar-refractivity contribution in [2.24, 2.45) is 0 Å². The highest BCUT2D eigenvalue weighted by Gasteiger charge is 2.06. The molecule has 26 heavy (non-hydrogen) atoms. The Balaban J connectivity index is 1.79. The molecule has 0 radical (unpaired) electrons. The van der Waals surface area contributed by atoms with Gasteiger partial charge in [-0.25, -0.2) is 4.79 Å². The van der Waals surface area contributed by atoms with E-state index < -0.39 is 11.9 Å². The molecular formula is C20H19NO4S. The second-order valence-corrected chi connectivity index (χ2v) is 6.28. The quantitative estimate of drug-likeness (QED) is 0.348. The van der Waals surface area contributed by atoms with E-state index in [2.05, 4.69) is 5.32 Å². The van der Waals surface area contributed by atoms with Gasteiger partial charge >= 0.3 is 5.97 Å². The molecule has 0 saturated carbocycles. The Labute approximate surface area is 156 Å². The third-order valence-electron chi connectivity index (χ3n) is 3.45. The summed E-state index contributed by atoms with van der Waals surface area (Å²) < 4.78 is 4.91. The van der Waals surface area contributed by atoms with Crippen LogP contribution in [0, 0.1) is 0 Å². The molecule has 0 aliphatic carbocycles. The first kappa shape index (κ1) is 19.5. The van der Waals surface area contributed by atoms with Crippen LogP contribution >= 0.6 is 11.8 Å². The molecule has 0 spiro atoms. The molecule has 0 aliphatic heterocycles. The van der Waals surface area contributed by atoms with E-state index >= 15 is 0 Å². The smallest absolute Gasteiger partial charge is 0.331 e. The highest BCUT2D eigenvalue weighted by atomic mass is 32.2. The van der Waals surface area contributed by atoms with E-state index in [1.807, 2.05) is 30.5 Å². The lowest BCUT2D eigenvalue weighted by atomic mass is 10.1. The molecule has 0 aliphatic rings. The fourth-order valence-corrected chi connectivity index (χ4v) is 2.46. The third kappa shape index (κ3) is 6.22. The van der Waals surface area contributed by atoms with Crippen LogP contribution in [0.3, 0.4) is 0 Å². The first-order valence-corrected chi connectivity index (χ1v) is 9.10. The second-order valence-electron chi connectivity index (χ2n) is 5.40. The van der Waals surface area contributed by atoms with E-state index in [9.17, 15) is 14.4 Å². The fraction of sp³-hybridized carbons (Fsp3) is 0.150. The summed E-state index contributed by atoms with van der Waals surface area (Å²) in [5.74, 6) is -1.10. The molecule has 134 valence electrons. The van der Waals surface area contributed by atoms with Gasteiger partial charge in [0.25, 0.3) is 5.91 Å². The normalized spacial score (nSPS) is 10.5. The Hall–Kier alpha value is -2.86. The molecule has 0 bridgehead atoms. The SMILES string of the molecule is CSc1ccc(/C=C/C(=O)OCC(=O)Nc2ccc(C(C)=O)cc2)cc1. The fourth-order valence-electron chi connectivity index (χ4n) is 2.05. The number of esters is 1. The summed E-state index contributed by atoms with van der Waals surface area (Å²) in [5, 5.41) is 2.60. The minimum Gasteiger partial charge on any atom is -0.452 e. The molecule has 1 amide bonds. The Bertz CT molecular complexity index is 811. The topological polar surface area (TPSA) is 72.5 Å². The monoisotopic (exact) mass is 369 g/mol. The first-order chi connectivity index (χ1) is 12.5. The van der Waals surface area contributed by atoms with Crippen LogP contribution in [0.5, 0.6) is 0 Å². The predicted molar refractivity (Wildman–Crippen MR) is 103 cm³/mol. The van der Waals surface area contributed by atoms with Crippen LogP contribution in [-0.4, -0.2) is 30.5 Å². The summed E-state index contributed by atoms with van der Waals surface area (Å²) in [4.78, 5) is 35.8. The lowest BCUT2D eigenvalue weighted by Crippen LogP contribution is -2.20. The molecule has 0 atom stereocenters. The lowest BCUT2D eigenvalue weighted by Gasteiger charge is -2.06.